The number of carbonyl (C=O) groups is 2. The van der Waals surface area contributed by atoms with E-state index in [9.17, 15) is 9.59 Å². The third kappa shape index (κ3) is 6.32. The van der Waals surface area contributed by atoms with E-state index in [-0.39, 0.29) is 36.8 Å². The minimum Gasteiger partial charge on any atom is -0.394 e. The van der Waals surface area contributed by atoms with E-state index in [1.165, 1.54) is 0 Å². The first-order chi connectivity index (χ1) is 11.4. The summed E-state index contributed by atoms with van der Waals surface area (Å²) < 4.78 is 0. The van der Waals surface area contributed by atoms with Gasteiger partial charge in [-0.05, 0) is 30.0 Å². The summed E-state index contributed by atoms with van der Waals surface area (Å²) in [5.41, 5.74) is 1.61. The second-order valence-electron chi connectivity index (χ2n) is 6.39. The molecule has 0 bridgehead atoms. The van der Waals surface area contributed by atoms with Gasteiger partial charge in [-0.1, -0.05) is 46.2 Å². The van der Waals surface area contributed by atoms with Crippen LogP contribution in [0.1, 0.15) is 46.1 Å². The van der Waals surface area contributed by atoms with E-state index in [4.69, 9.17) is 5.11 Å². The van der Waals surface area contributed by atoms with Crippen molar-refractivity contribution in [3.8, 4) is 0 Å². The Labute approximate surface area is 144 Å². The quantitative estimate of drug-likeness (QED) is 0.650. The lowest BCUT2D eigenvalue weighted by Gasteiger charge is -2.18. The summed E-state index contributed by atoms with van der Waals surface area (Å²) in [5, 5.41) is 14.8. The van der Waals surface area contributed by atoms with Gasteiger partial charge in [-0.25, -0.2) is 0 Å². The number of rotatable bonds is 9. The molecule has 0 aliphatic rings. The zero-order valence-electron chi connectivity index (χ0n) is 15.1. The normalized spacial score (nSPS) is 14.5. The zero-order valence-corrected chi connectivity index (χ0v) is 15.1. The summed E-state index contributed by atoms with van der Waals surface area (Å²) in [5.74, 6) is 0.206. The smallest absolute Gasteiger partial charge is 0.227 e. The van der Waals surface area contributed by atoms with Crippen LogP contribution in [0.5, 0.6) is 0 Å². The average Bonchev–Trinajstić information content (AvgIpc) is 2.59. The van der Waals surface area contributed by atoms with Crippen LogP contribution >= 0.6 is 0 Å². The van der Waals surface area contributed by atoms with Crippen LogP contribution in [0.3, 0.4) is 0 Å². The molecule has 0 aromatic heterocycles. The van der Waals surface area contributed by atoms with Crippen LogP contribution in [-0.2, 0) is 16.0 Å². The van der Waals surface area contributed by atoms with Gasteiger partial charge < -0.3 is 15.7 Å². The lowest BCUT2D eigenvalue weighted by Crippen LogP contribution is -2.37. The predicted molar refractivity (Wildman–Crippen MR) is 96.7 cm³/mol. The molecule has 0 saturated heterocycles. The molecule has 1 aromatic rings. The molecule has 3 unspecified atom stereocenters. The van der Waals surface area contributed by atoms with Crippen molar-refractivity contribution in [3.63, 3.8) is 0 Å². The fraction of sp³-hybridized carbons (Fsp3) is 0.579. The Morgan fingerprint density at radius 1 is 1.08 bits per heavy atom. The number of carbonyl (C=O) groups excluding carboxylic acids is 2. The molecule has 0 fully saturated rings. The second kappa shape index (κ2) is 10.1. The lowest BCUT2D eigenvalue weighted by molar-refractivity contribution is -0.122. The van der Waals surface area contributed by atoms with Gasteiger partial charge in [0, 0.05) is 11.6 Å². The summed E-state index contributed by atoms with van der Waals surface area (Å²) >= 11 is 0. The number of anilines is 1. The fourth-order valence-electron chi connectivity index (χ4n) is 2.31. The van der Waals surface area contributed by atoms with E-state index >= 15 is 0 Å². The molecule has 0 saturated carbocycles. The van der Waals surface area contributed by atoms with Gasteiger partial charge in [0.05, 0.1) is 19.1 Å². The van der Waals surface area contributed by atoms with Crippen LogP contribution in [0, 0.1) is 11.8 Å². The standard InChI is InChI=1S/C19H30N2O3/c1-5-13(3)14(4)19(24)21-17-9-7-15(8-10-17)11-18(23)20-16(6-2)12-22/h7-10,13-14,16,22H,5-6,11-12H2,1-4H3,(H,20,23)(H,21,24). The van der Waals surface area contributed by atoms with Gasteiger partial charge in [0.15, 0.2) is 0 Å². The molecule has 3 N–H and O–H groups in total. The Kier molecular flexibility index (Phi) is 8.47. The molecule has 1 rings (SSSR count). The van der Waals surface area contributed by atoms with Crippen LogP contribution in [0.4, 0.5) is 5.69 Å². The number of hydrogen-bond donors (Lipinski definition) is 3. The van der Waals surface area contributed by atoms with Crippen LogP contribution in [0.25, 0.3) is 0 Å². The number of nitrogens with one attached hydrogen (secondary N) is 2. The van der Waals surface area contributed by atoms with E-state index in [0.717, 1.165) is 17.7 Å². The van der Waals surface area contributed by atoms with Crippen molar-refractivity contribution in [2.75, 3.05) is 11.9 Å². The molecule has 0 aliphatic heterocycles. The molecule has 5 heteroatoms. The highest BCUT2D eigenvalue weighted by Gasteiger charge is 2.18. The van der Waals surface area contributed by atoms with Gasteiger partial charge in [-0.15, -0.1) is 0 Å². The fourth-order valence-corrected chi connectivity index (χ4v) is 2.31. The van der Waals surface area contributed by atoms with Crippen molar-refractivity contribution >= 4 is 17.5 Å². The largest absolute Gasteiger partial charge is 0.394 e. The highest BCUT2D eigenvalue weighted by molar-refractivity contribution is 5.92. The average molecular weight is 334 g/mol. The summed E-state index contributed by atoms with van der Waals surface area (Å²) in [6.07, 6.45) is 1.92. The first kappa shape index (κ1) is 20.2. The van der Waals surface area contributed by atoms with E-state index in [0.29, 0.717) is 12.3 Å². The van der Waals surface area contributed by atoms with Gasteiger partial charge in [0.1, 0.15) is 0 Å². The molecule has 0 radical (unpaired) electrons. The van der Waals surface area contributed by atoms with Crippen molar-refractivity contribution in [1.29, 1.82) is 0 Å². The van der Waals surface area contributed by atoms with Gasteiger partial charge in [-0.2, -0.15) is 0 Å². The maximum Gasteiger partial charge on any atom is 0.227 e. The highest BCUT2D eigenvalue weighted by Crippen LogP contribution is 2.18. The van der Waals surface area contributed by atoms with Gasteiger partial charge in [0.2, 0.25) is 11.8 Å². The van der Waals surface area contributed by atoms with Crippen LogP contribution in [-0.4, -0.2) is 29.6 Å². The first-order valence-corrected chi connectivity index (χ1v) is 8.71. The van der Waals surface area contributed by atoms with E-state index in [2.05, 4.69) is 24.5 Å². The molecule has 24 heavy (non-hydrogen) atoms. The van der Waals surface area contributed by atoms with Gasteiger partial charge >= 0.3 is 0 Å². The minimum absolute atomic E-state index is 0.0172. The number of aliphatic hydroxyl groups excluding tert-OH is 1. The second-order valence-corrected chi connectivity index (χ2v) is 6.39. The van der Waals surface area contributed by atoms with Gasteiger partial charge in [-0.3, -0.25) is 9.59 Å². The number of amides is 2. The Hall–Kier alpha value is -1.88. The minimum atomic E-state index is -0.196. The molecule has 5 nitrogen and oxygen atoms in total. The predicted octanol–water partition coefficient (Wildman–Crippen LogP) is 2.74. The number of aliphatic hydroxyl groups is 1. The first-order valence-electron chi connectivity index (χ1n) is 8.71. The van der Waals surface area contributed by atoms with Crippen molar-refractivity contribution in [1.82, 2.24) is 5.32 Å². The Balaban J connectivity index is 2.57. The number of benzene rings is 1. The molecule has 2 amide bonds. The molecular formula is C19H30N2O3. The maximum absolute atomic E-state index is 12.2. The summed E-state index contributed by atoms with van der Waals surface area (Å²) in [7, 11) is 0. The summed E-state index contributed by atoms with van der Waals surface area (Å²) in [6.45, 7) is 7.95. The van der Waals surface area contributed by atoms with Crippen molar-refractivity contribution in [3.05, 3.63) is 29.8 Å². The topological polar surface area (TPSA) is 78.4 Å². The third-order valence-electron chi connectivity index (χ3n) is 4.58. The summed E-state index contributed by atoms with van der Waals surface area (Å²) in [6, 6.07) is 7.10. The molecule has 1 aromatic carbocycles. The van der Waals surface area contributed by atoms with E-state index in [1.54, 1.807) is 0 Å². The van der Waals surface area contributed by atoms with Crippen LogP contribution in [0.15, 0.2) is 24.3 Å². The lowest BCUT2D eigenvalue weighted by atomic mass is 9.93. The highest BCUT2D eigenvalue weighted by atomic mass is 16.3. The van der Waals surface area contributed by atoms with Crippen molar-refractivity contribution < 1.29 is 14.7 Å². The van der Waals surface area contributed by atoms with Crippen molar-refractivity contribution in [2.45, 2.75) is 53.0 Å². The molecule has 0 heterocycles. The molecule has 3 atom stereocenters. The molecule has 0 spiro atoms. The molecular weight excluding hydrogens is 304 g/mol. The van der Waals surface area contributed by atoms with E-state index in [1.807, 2.05) is 38.1 Å². The third-order valence-corrected chi connectivity index (χ3v) is 4.58. The van der Waals surface area contributed by atoms with Gasteiger partial charge in [0.25, 0.3) is 0 Å². The Bertz CT molecular complexity index is 524. The van der Waals surface area contributed by atoms with E-state index < -0.39 is 0 Å². The maximum atomic E-state index is 12.2. The number of hydrogen-bond acceptors (Lipinski definition) is 3. The van der Waals surface area contributed by atoms with Crippen LogP contribution < -0.4 is 10.6 Å². The Morgan fingerprint density at radius 2 is 1.71 bits per heavy atom. The van der Waals surface area contributed by atoms with Crippen LogP contribution in [0.2, 0.25) is 0 Å². The molecule has 134 valence electrons. The monoisotopic (exact) mass is 334 g/mol. The Morgan fingerprint density at radius 3 is 2.21 bits per heavy atom. The van der Waals surface area contributed by atoms with Crippen molar-refractivity contribution in [2.24, 2.45) is 11.8 Å². The SMILES string of the molecule is CCC(CO)NC(=O)Cc1ccc(NC(=O)C(C)C(C)CC)cc1. The molecule has 0 aliphatic carbocycles. The zero-order chi connectivity index (χ0) is 18.1. The summed E-state index contributed by atoms with van der Waals surface area (Å²) in [4.78, 5) is 24.1.